The molecule has 82 heavy (non-hydrogen) atoms. The largest absolute Gasteiger partial charge is 0.358 e. The van der Waals surface area contributed by atoms with Gasteiger partial charge in [0.2, 0.25) is 10.7 Å². The molecule has 8 rings (SSSR count). The van der Waals surface area contributed by atoms with E-state index in [1.165, 1.54) is 47.7 Å². The lowest BCUT2D eigenvalue weighted by Gasteiger charge is -2.29. The van der Waals surface area contributed by atoms with Crippen molar-refractivity contribution in [1.29, 1.82) is 0 Å². The summed E-state index contributed by atoms with van der Waals surface area (Å²) in [5, 5.41) is 0. The molecular weight excluding hydrogens is 1440 g/mol. The van der Waals surface area contributed by atoms with Crippen molar-refractivity contribution in [3.05, 3.63) is 265 Å². The van der Waals surface area contributed by atoms with Gasteiger partial charge in [-0.25, -0.2) is 0 Å². The van der Waals surface area contributed by atoms with Crippen LogP contribution in [0.2, 0.25) is 0 Å². The van der Waals surface area contributed by atoms with Crippen molar-refractivity contribution < 1.29 is 84.8 Å². The van der Waals surface area contributed by atoms with Crippen LogP contribution in [0.1, 0.15) is 209 Å². The van der Waals surface area contributed by atoms with Gasteiger partial charge in [-0.05, 0) is 139 Å². The standard InChI is InChI=1S/C24H34I.C21H28I.C18H22I.C15H16I/c1-22(2,3)17-15-19(23(4,5)6)21(20(16-17)24(7,8)9)25-18-13-11-10-12-14-18;1-14(2)17-12-19(15(3)4)21(20(13-17)16(5)6)22-18-10-8-7-9-11-18;1-4-14-12-15(5-2)18(16(6-3)13-14)19-17-10-8-7-9-11-17;1-11-9-12(2)15(13(3)10-11)16-14-7-5-4-6-8-14/h10-16H,1-9H3;7-16H,1-6H3;7-13H,4-6H2,1-3H3;4-10H,1-3H3/q4*+1. The fraction of sp³-hybridized carbons (Fsp3) is 0.385. The van der Waals surface area contributed by atoms with Crippen LogP contribution < -0.4 is 84.8 Å². The molecule has 0 bridgehead atoms. The Labute approximate surface area is 542 Å². The average Bonchev–Trinajstić information content (AvgIpc) is 3.63. The van der Waals surface area contributed by atoms with E-state index in [9.17, 15) is 0 Å². The molecule has 8 aromatic rings. The minimum atomic E-state index is -0.196. The van der Waals surface area contributed by atoms with Gasteiger partial charge in [0.05, 0.1) is 0 Å². The van der Waals surface area contributed by atoms with Gasteiger partial charge in [0.15, 0.2) is 17.9 Å². The third-order valence-corrected chi connectivity index (χ3v) is 27.4. The second-order valence-electron chi connectivity index (χ2n) is 25.7. The maximum absolute atomic E-state index is 2.49. The van der Waals surface area contributed by atoms with Crippen LogP contribution in [-0.4, -0.2) is 0 Å². The van der Waals surface area contributed by atoms with Crippen molar-refractivity contribution in [2.45, 2.75) is 199 Å². The van der Waals surface area contributed by atoms with Gasteiger partial charge in [-0.15, -0.1) is 0 Å². The molecule has 0 amide bonds. The summed E-state index contributed by atoms with van der Waals surface area (Å²) < 4.78 is 12.6. The summed E-state index contributed by atoms with van der Waals surface area (Å²) in [6.45, 7) is 48.5. The molecule has 0 fully saturated rings. The van der Waals surface area contributed by atoms with Crippen molar-refractivity contribution in [1.82, 2.24) is 0 Å². The van der Waals surface area contributed by atoms with E-state index in [0.717, 1.165) is 19.3 Å². The summed E-state index contributed by atoms with van der Waals surface area (Å²) in [5.41, 5.74) is 18.6. The van der Waals surface area contributed by atoms with E-state index in [4.69, 9.17) is 0 Å². The second kappa shape index (κ2) is 32.4. The van der Waals surface area contributed by atoms with Crippen molar-refractivity contribution in [3.8, 4) is 0 Å². The Morgan fingerprint density at radius 1 is 0.341 bits per heavy atom. The smallest absolute Gasteiger partial charge is 0.0619 e. The number of halogens is 4. The Hall–Kier alpha value is -3.32. The number of hydrogen-bond donors (Lipinski definition) is 0. The van der Waals surface area contributed by atoms with Crippen LogP contribution in [0, 0.1) is 49.3 Å². The fourth-order valence-electron chi connectivity index (χ4n) is 9.55. The predicted molar refractivity (Wildman–Crippen MR) is 342 cm³/mol. The lowest BCUT2D eigenvalue weighted by molar-refractivity contribution is -0.600. The van der Waals surface area contributed by atoms with Crippen molar-refractivity contribution in [2.24, 2.45) is 0 Å². The first-order valence-electron chi connectivity index (χ1n) is 30.0. The Morgan fingerprint density at radius 2 is 0.671 bits per heavy atom. The van der Waals surface area contributed by atoms with Gasteiger partial charge in [0.1, 0.15) is 0 Å². The zero-order chi connectivity index (χ0) is 60.5. The topological polar surface area (TPSA) is 0 Å². The second-order valence-corrected chi connectivity index (χ2v) is 37.1. The average molecular weight is 1550 g/mol. The van der Waals surface area contributed by atoms with Crippen molar-refractivity contribution >= 4 is 0 Å². The van der Waals surface area contributed by atoms with E-state index in [2.05, 4.69) is 315 Å². The van der Waals surface area contributed by atoms with Crippen LogP contribution in [0.5, 0.6) is 0 Å². The molecule has 8 aromatic carbocycles. The van der Waals surface area contributed by atoms with Gasteiger partial charge in [-0.2, -0.15) is 0 Å². The molecule has 0 saturated carbocycles. The van der Waals surface area contributed by atoms with Crippen LogP contribution in [0.25, 0.3) is 0 Å². The molecule has 0 radical (unpaired) electrons. The number of aryl methyl sites for hydroxylation is 6. The van der Waals surface area contributed by atoms with E-state index < -0.39 is 0 Å². The van der Waals surface area contributed by atoms with Gasteiger partial charge in [0.25, 0.3) is 0 Å². The van der Waals surface area contributed by atoms with E-state index in [0.29, 0.717) is 17.8 Å². The molecule has 0 atom stereocenters. The van der Waals surface area contributed by atoms with Crippen LogP contribution in [0.3, 0.4) is 0 Å². The Balaban J connectivity index is 0.000000203. The van der Waals surface area contributed by atoms with E-state index in [-0.39, 0.29) is 101 Å². The molecule has 0 aliphatic heterocycles. The minimum absolute atomic E-state index is 0.0275. The minimum Gasteiger partial charge on any atom is -0.0619 e. The molecule has 436 valence electrons. The normalized spacial score (nSPS) is 11.7. The molecule has 0 aromatic heterocycles. The highest BCUT2D eigenvalue weighted by Crippen LogP contribution is 2.35. The number of rotatable bonds is 14. The van der Waals surface area contributed by atoms with E-state index in [1.54, 1.807) is 47.7 Å². The van der Waals surface area contributed by atoms with Crippen LogP contribution in [0.4, 0.5) is 0 Å². The summed E-state index contributed by atoms with van der Waals surface area (Å²) in [5.74, 6) is 1.78. The monoisotopic (exact) mass is 1540 g/mol. The first-order valence-corrected chi connectivity index (χ1v) is 38.7. The molecular formula is C78H100I4+4. The number of hydrogen-bond acceptors (Lipinski definition) is 0. The predicted octanol–water partition coefficient (Wildman–Crippen LogP) is 9.14. The molecule has 0 unspecified atom stereocenters. The highest BCUT2D eigenvalue weighted by molar-refractivity contribution is 5.40. The van der Waals surface area contributed by atoms with E-state index in [1.807, 2.05) is 0 Å². The summed E-state index contributed by atoms with van der Waals surface area (Å²) in [7, 11) is 0. The SMILES string of the molecule is CC(C)(C)c1cc(C(C)(C)C)c([I+]c2ccccc2)c(C(C)(C)C)c1.CC(C)c1cc(C(C)C)c([I+]c2ccccc2)c(C(C)C)c1.CCc1cc(CC)c([I+]c2ccccc2)c(CC)c1.Cc1cc(C)c([I+]c2ccccc2)c(C)c1. The number of benzene rings is 8. The highest BCUT2D eigenvalue weighted by Gasteiger charge is 2.36. The van der Waals surface area contributed by atoms with Crippen LogP contribution >= 0.6 is 0 Å². The Bertz CT molecular complexity index is 3110. The molecule has 0 spiro atoms. The Morgan fingerprint density at radius 3 is 0.963 bits per heavy atom. The first kappa shape index (κ1) is 69.5. The van der Waals surface area contributed by atoms with Crippen LogP contribution in [0.15, 0.2) is 170 Å². The fourth-order valence-corrected chi connectivity index (χ4v) is 22.8. The van der Waals surface area contributed by atoms with Crippen molar-refractivity contribution in [3.63, 3.8) is 0 Å². The molecule has 0 N–H and O–H groups in total. The zero-order valence-corrected chi connectivity index (χ0v) is 62.7. The summed E-state index contributed by atoms with van der Waals surface area (Å²) in [6, 6.07) is 63.3. The maximum Gasteiger partial charge on any atom is 0.358 e. The molecule has 0 heterocycles. The van der Waals surface area contributed by atoms with Gasteiger partial charge in [0, 0.05) is 44.5 Å². The quantitative estimate of drug-likeness (QED) is 0.0955. The van der Waals surface area contributed by atoms with Crippen LogP contribution in [-0.2, 0) is 35.5 Å². The summed E-state index contributed by atoms with van der Waals surface area (Å²) >= 11 is -0.384. The third-order valence-electron chi connectivity index (χ3n) is 14.4. The molecule has 0 saturated heterocycles. The maximum atomic E-state index is 2.49. The van der Waals surface area contributed by atoms with Crippen molar-refractivity contribution in [2.75, 3.05) is 0 Å². The molecule has 0 aliphatic rings. The third kappa shape index (κ3) is 21.0. The van der Waals surface area contributed by atoms with Gasteiger partial charge < -0.3 is 0 Å². The summed E-state index contributed by atoms with van der Waals surface area (Å²) in [4.78, 5) is 0. The molecule has 4 heteroatoms. The lowest BCUT2D eigenvalue weighted by atomic mass is 9.75. The highest BCUT2D eigenvalue weighted by atomic mass is 127. The molecule has 0 aliphatic carbocycles. The lowest BCUT2D eigenvalue weighted by Crippen LogP contribution is -3.62. The molecule has 0 nitrogen and oxygen atoms in total. The van der Waals surface area contributed by atoms with Gasteiger partial charge in [-0.3, -0.25) is 0 Å². The van der Waals surface area contributed by atoms with E-state index >= 15 is 0 Å². The Kier molecular flexibility index (Phi) is 27.5. The first-order chi connectivity index (χ1) is 38.6. The van der Waals surface area contributed by atoms with Gasteiger partial charge >= 0.3 is 84.8 Å². The zero-order valence-electron chi connectivity index (χ0n) is 54.0. The van der Waals surface area contributed by atoms with Gasteiger partial charge in [-0.1, -0.05) is 252 Å². The summed E-state index contributed by atoms with van der Waals surface area (Å²) in [6.07, 6.45) is 3.45.